The number of pyridine rings is 1. The molecular formula is C16H14N4O4. The second kappa shape index (κ2) is 6.37. The van der Waals surface area contributed by atoms with E-state index in [2.05, 4.69) is 15.4 Å². The van der Waals surface area contributed by atoms with Crippen LogP contribution in [0.2, 0.25) is 0 Å². The van der Waals surface area contributed by atoms with Crippen LogP contribution in [0.1, 0.15) is 20.8 Å². The number of anilines is 1. The predicted octanol–water partition coefficient (Wildman–Crippen LogP) is 1.78. The van der Waals surface area contributed by atoms with Crippen LogP contribution < -0.4 is 10.1 Å². The van der Waals surface area contributed by atoms with Crippen molar-refractivity contribution < 1.29 is 19.1 Å². The number of benzene rings is 1. The fourth-order valence-electron chi connectivity index (χ4n) is 2.13. The fraction of sp³-hybridized carbons (Fsp3) is 0.125. The van der Waals surface area contributed by atoms with Crippen molar-refractivity contribution in [2.75, 3.05) is 19.5 Å². The highest BCUT2D eigenvalue weighted by Crippen LogP contribution is 2.14. The number of aromatic nitrogens is 3. The topological polar surface area (TPSA) is 94.8 Å². The Morgan fingerprint density at radius 1 is 1.08 bits per heavy atom. The Labute approximate surface area is 137 Å². The molecule has 0 saturated carbocycles. The Morgan fingerprint density at radius 3 is 2.50 bits per heavy atom. The quantitative estimate of drug-likeness (QED) is 0.734. The fourth-order valence-corrected chi connectivity index (χ4v) is 2.13. The summed E-state index contributed by atoms with van der Waals surface area (Å²) in [5.41, 5.74) is 1.07. The maximum absolute atomic E-state index is 12.2. The van der Waals surface area contributed by atoms with Crippen LogP contribution in [0.25, 0.3) is 5.65 Å². The van der Waals surface area contributed by atoms with Crippen molar-refractivity contribution in [1.82, 2.24) is 14.6 Å². The first kappa shape index (κ1) is 15.5. The van der Waals surface area contributed by atoms with Crippen LogP contribution in [-0.4, -0.2) is 40.7 Å². The molecule has 1 aromatic carbocycles. The minimum absolute atomic E-state index is 0.0900. The summed E-state index contributed by atoms with van der Waals surface area (Å²) in [5.74, 6) is -0.168. The third-order valence-corrected chi connectivity index (χ3v) is 3.33. The van der Waals surface area contributed by atoms with E-state index < -0.39 is 5.97 Å². The van der Waals surface area contributed by atoms with Gasteiger partial charge >= 0.3 is 5.97 Å². The number of ether oxygens (including phenoxy) is 2. The van der Waals surface area contributed by atoms with E-state index in [1.807, 2.05) is 0 Å². The zero-order valence-corrected chi connectivity index (χ0v) is 13.0. The monoisotopic (exact) mass is 326 g/mol. The number of methoxy groups -OCH3 is 2. The number of fused-ring (bicyclic) bond motifs is 1. The van der Waals surface area contributed by atoms with Crippen LogP contribution in [-0.2, 0) is 4.74 Å². The highest BCUT2D eigenvalue weighted by atomic mass is 16.5. The highest BCUT2D eigenvalue weighted by Gasteiger charge is 2.15. The molecule has 0 fully saturated rings. The summed E-state index contributed by atoms with van der Waals surface area (Å²) >= 11 is 0. The first-order valence-corrected chi connectivity index (χ1v) is 7.02. The summed E-state index contributed by atoms with van der Waals surface area (Å²) in [6, 6.07) is 11.5. The van der Waals surface area contributed by atoms with Crippen LogP contribution >= 0.6 is 0 Å². The van der Waals surface area contributed by atoms with Gasteiger partial charge in [0.2, 0.25) is 5.95 Å². The molecule has 0 radical (unpaired) electrons. The second-order valence-electron chi connectivity index (χ2n) is 4.79. The van der Waals surface area contributed by atoms with Gasteiger partial charge in [-0.25, -0.2) is 9.31 Å². The summed E-state index contributed by atoms with van der Waals surface area (Å²) in [7, 11) is 2.83. The van der Waals surface area contributed by atoms with E-state index in [4.69, 9.17) is 9.47 Å². The van der Waals surface area contributed by atoms with Gasteiger partial charge in [0.25, 0.3) is 5.91 Å². The average Bonchev–Trinajstić information content (AvgIpc) is 3.03. The van der Waals surface area contributed by atoms with Crippen molar-refractivity contribution >= 4 is 23.5 Å². The number of hydrogen-bond donors (Lipinski definition) is 1. The lowest BCUT2D eigenvalue weighted by atomic mass is 10.2. The summed E-state index contributed by atoms with van der Waals surface area (Å²) < 4.78 is 11.1. The average molecular weight is 326 g/mol. The van der Waals surface area contributed by atoms with Gasteiger partial charge < -0.3 is 9.47 Å². The molecule has 3 rings (SSSR count). The normalized spacial score (nSPS) is 10.4. The van der Waals surface area contributed by atoms with E-state index in [9.17, 15) is 9.59 Å². The van der Waals surface area contributed by atoms with Gasteiger partial charge in [0, 0.05) is 5.56 Å². The molecule has 8 heteroatoms. The summed E-state index contributed by atoms with van der Waals surface area (Å²) in [5, 5.41) is 6.72. The van der Waals surface area contributed by atoms with Gasteiger partial charge in [-0.15, -0.1) is 5.10 Å². The molecule has 0 saturated heterocycles. The molecule has 0 aliphatic rings. The Hall–Kier alpha value is -3.42. The van der Waals surface area contributed by atoms with E-state index in [0.717, 1.165) is 0 Å². The van der Waals surface area contributed by atoms with Gasteiger partial charge in [-0.2, -0.15) is 4.98 Å². The molecule has 0 aliphatic heterocycles. The molecule has 0 aliphatic carbocycles. The molecule has 0 spiro atoms. The number of amides is 1. The van der Waals surface area contributed by atoms with E-state index in [-0.39, 0.29) is 17.5 Å². The van der Waals surface area contributed by atoms with Crippen LogP contribution in [0.5, 0.6) is 5.75 Å². The number of carbonyl (C=O) groups is 2. The third-order valence-electron chi connectivity index (χ3n) is 3.33. The molecule has 24 heavy (non-hydrogen) atoms. The van der Waals surface area contributed by atoms with Crippen molar-refractivity contribution in [2.24, 2.45) is 0 Å². The van der Waals surface area contributed by atoms with Crippen molar-refractivity contribution in [3.8, 4) is 5.75 Å². The lowest BCUT2D eigenvalue weighted by molar-refractivity contribution is 0.0590. The second-order valence-corrected chi connectivity index (χ2v) is 4.79. The van der Waals surface area contributed by atoms with E-state index in [0.29, 0.717) is 17.0 Å². The smallest absolute Gasteiger partial charge is 0.356 e. The Bertz CT molecular complexity index is 902. The molecular weight excluding hydrogens is 312 g/mol. The first-order chi connectivity index (χ1) is 11.6. The molecule has 2 heterocycles. The molecule has 1 amide bonds. The SMILES string of the molecule is COC(=O)c1cccc2nc(NC(=O)c3ccc(OC)cc3)nn12. The van der Waals surface area contributed by atoms with Crippen LogP contribution in [0, 0.1) is 0 Å². The molecule has 3 aromatic rings. The van der Waals surface area contributed by atoms with Gasteiger partial charge in [0.05, 0.1) is 14.2 Å². The number of hydrogen-bond acceptors (Lipinski definition) is 6. The van der Waals surface area contributed by atoms with Crippen LogP contribution in [0.4, 0.5) is 5.95 Å². The minimum Gasteiger partial charge on any atom is -0.497 e. The highest BCUT2D eigenvalue weighted by molar-refractivity contribution is 6.03. The number of esters is 1. The lowest BCUT2D eigenvalue weighted by Gasteiger charge is -2.03. The van der Waals surface area contributed by atoms with Gasteiger partial charge in [0.1, 0.15) is 5.75 Å². The van der Waals surface area contributed by atoms with E-state index in [1.165, 1.54) is 11.6 Å². The number of carbonyl (C=O) groups excluding carboxylic acids is 2. The molecule has 122 valence electrons. The van der Waals surface area contributed by atoms with Crippen molar-refractivity contribution in [1.29, 1.82) is 0 Å². The lowest BCUT2D eigenvalue weighted by Crippen LogP contribution is -2.13. The van der Waals surface area contributed by atoms with Gasteiger partial charge in [-0.1, -0.05) is 6.07 Å². The summed E-state index contributed by atoms with van der Waals surface area (Å²) in [4.78, 5) is 28.1. The number of nitrogens with zero attached hydrogens (tertiary/aromatic N) is 3. The summed E-state index contributed by atoms with van der Waals surface area (Å²) in [6.45, 7) is 0. The van der Waals surface area contributed by atoms with Gasteiger partial charge in [-0.3, -0.25) is 10.1 Å². The number of rotatable bonds is 4. The maximum atomic E-state index is 12.2. The molecule has 0 atom stereocenters. The largest absolute Gasteiger partial charge is 0.497 e. The van der Waals surface area contributed by atoms with E-state index >= 15 is 0 Å². The minimum atomic E-state index is -0.543. The number of nitrogens with one attached hydrogen (secondary N) is 1. The third kappa shape index (κ3) is 2.89. The zero-order chi connectivity index (χ0) is 17.1. The molecule has 8 nitrogen and oxygen atoms in total. The Kier molecular flexibility index (Phi) is 4.11. The predicted molar refractivity (Wildman–Crippen MR) is 85.3 cm³/mol. The van der Waals surface area contributed by atoms with Gasteiger partial charge in [-0.05, 0) is 36.4 Å². The van der Waals surface area contributed by atoms with Crippen LogP contribution in [0.3, 0.4) is 0 Å². The maximum Gasteiger partial charge on any atom is 0.356 e. The Morgan fingerprint density at radius 2 is 1.83 bits per heavy atom. The van der Waals surface area contributed by atoms with Crippen molar-refractivity contribution in [3.63, 3.8) is 0 Å². The van der Waals surface area contributed by atoms with Gasteiger partial charge in [0.15, 0.2) is 11.3 Å². The molecule has 2 aromatic heterocycles. The summed E-state index contributed by atoms with van der Waals surface area (Å²) in [6.07, 6.45) is 0. The Balaban J connectivity index is 1.87. The molecule has 1 N–H and O–H groups in total. The van der Waals surface area contributed by atoms with Crippen molar-refractivity contribution in [3.05, 3.63) is 53.7 Å². The molecule has 0 unspecified atom stereocenters. The zero-order valence-electron chi connectivity index (χ0n) is 13.0. The van der Waals surface area contributed by atoms with Crippen LogP contribution in [0.15, 0.2) is 42.5 Å². The van der Waals surface area contributed by atoms with Crippen molar-refractivity contribution in [2.45, 2.75) is 0 Å². The first-order valence-electron chi connectivity index (χ1n) is 7.02. The van der Waals surface area contributed by atoms with E-state index in [1.54, 1.807) is 49.6 Å². The molecule has 0 bridgehead atoms. The standard InChI is InChI=1S/C16H14N4O4/c1-23-11-8-6-10(7-9-11)14(21)18-16-17-13-5-3-4-12(15(22)24-2)20(13)19-16/h3-9H,1-2H3,(H,18,19,21).